The summed E-state index contributed by atoms with van der Waals surface area (Å²) in [6.07, 6.45) is 2.26. The number of hydrogen-bond donors (Lipinski definition) is 3. The van der Waals surface area contributed by atoms with Crippen molar-refractivity contribution in [3.05, 3.63) is 29.7 Å². The molecule has 0 atom stereocenters. The normalized spacial score (nSPS) is 14.8. The predicted octanol–water partition coefficient (Wildman–Crippen LogP) is 0.0465. The van der Waals surface area contributed by atoms with Crippen molar-refractivity contribution in [3.8, 4) is 0 Å². The lowest BCUT2D eigenvalue weighted by atomic mass is 10.2. The number of amides is 1. The Morgan fingerprint density at radius 3 is 2.71 bits per heavy atom. The van der Waals surface area contributed by atoms with Crippen LogP contribution in [0.2, 0.25) is 0 Å². The number of anilines is 3. The minimum atomic E-state index is -0.325. The highest BCUT2D eigenvalue weighted by Gasteiger charge is 2.19. The number of nitrogens with one attached hydrogen (secondary N) is 2. The Labute approximate surface area is 164 Å². The minimum Gasteiger partial charge on any atom is -0.395 e. The topological polar surface area (TPSA) is 119 Å². The zero-order valence-corrected chi connectivity index (χ0v) is 16.2. The van der Waals surface area contributed by atoms with E-state index in [9.17, 15) is 4.79 Å². The summed E-state index contributed by atoms with van der Waals surface area (Å²) in [5.74, 6) is 1.69. The molecule has 3 heterocycles. The molecule has 28 heavy (non-hydrogen) atoms. The second-order valence-electron chi connectivity index (χ2n) is 6.52. The summed E-state index contributed by atoms with van der Waals surface area (Å²) in [4.78, 5) is 34.5. The van der Waals surface area contributed by atoms with Crippen LogP contribution in [0.5, 0.6) is 0 Å². The summed E-state index contributed by atoms with van der Waals surface area (Å²) >= 11 is 0. The Hall–Kier alpha value is -2.85. The van der Waals surface area contributed by atoms with Gasteiger partial charge in [0.15, 0.2) is 0 Å². The van der Waals surface area contributed by atoms with Gasteiger partial charge in [0, 0.05) is 45.3 Å². The van der Waals surface area contributed by atoms with Gasteiger partial charge >= 0.3 is 0 Å². The zero-order valence-electron chi connectivity index (χ0n) is 16.2. The van der Waals surface area contributed by atoms with E-state index in [-0.39, 0.29) is 19.1 Å². The molecule has 0 aromatic carbocycles. The number of aliphatic hydroxyl groups is 1. The first-order chi connectivity index (χ1) is 13.6. The number of nitrogens with zero attached hydrogens (tertiary/aromatic N) is 6. The van der Waals surface area contributed by atoms with Crippen LogP contribution >= 0.6 is 0 Å². The van der Waals surface area contributed by atoms with E-state index in [2.05, 4.69) is 47.4 Å². The highest BCUT2D eigenvalue weighted by Crippen LogP contribution is 2.19. The van der Waals surface area contributed by atoms with Crippen molar-refractivity contribution >= 4 is 23.6 Å². The minimum absolute atomic E-state index is 0.128. The van der Waals surface area contributed by atoms with E-state index >= 15 is 0 Å². The lowest BCUT2D eigenvalue weighted by molar-refractivity contribution is 0.0945. The zero-order chi connectivity index (χ0) is 19.9. The van der Waals surface area contributed by atoms with Crippen LogP contribution in [-0.4, -0.2) is 82.2 Å². The number of hydrogen-bond acceptors (Lipinski definition) is 9. The lowest BCUT2D eigenvalue weighted by Gasteiger charge is -2.32. The van der Waals surface area contributed by atoms with Crippen molar-refractivity contribution in [2.24, 2.45) is 0 Å². The molecule has 2 aromatic heterocycles. The Balaban J connectivity index is 1.84. The number of piperazine rings is 1. The van der Waals surface area contributed by atoms with Crippen molar-refractivity contribution < 1.29 is 9.90 Å². The molecule has 0 saturated carbocycles. The van der Waals surface area contributed by atoms with Crippen LogP contribution in [-0.2, 0) is 6.42 Å². The van der Waals surface area contributed by atoms with Gasteiger partial charge in [0.05, 0.1) is 12.2 Å². The van der Waals surface area contributed by atoms with Crippen LogP contribution in [0.3, 0.4) is 0 Å². The van der Waals surface area contributed by atoms with Gasteiger partial charge < -0.3 is 25.5 Å². The number of carbonyl (C=O) groups is 1. The Morgan fingerprint density at radius 1 is 1.21 bits per heavy atom. The van der Waals surface area contributed by atoms with Gasteiger partial charge in [-0.25, -0.2) is 4.98 Å². The molecule has 150 valence electrons. The molecular weight excluding hydrogens is 360 g/mol. The molecule has 0 unspecified atom stereocenters. The summed E-state index contributed by atoms with van der Waals surface area (Å²) in [6.45, 7) is 5.63. The van der Waals surface area contributed by atoms with Gasteiger partial charge in [-0.2, -0.15) is 15.0 Å². The van der Waals surface area contributed by atoms with Gasteiger partial charge in [-0.05, 0) is 19.2 Å². The fourth-order valence-electron chi connectivity index (χ4n) is 2.83. The van der Waals surface area contributed by atoms with E-state index in [1.54, 1.807) is 18.3 Å². The van der Waals surface area contributed by atoms with Crippen LogP contribution in [0.4, 0.5) is 17.7 Å². The highest BCUT2D eigenvalue weighted by molar-refractivity contribution is 5.99. The van der Waals surface area contributed by atoms with E-state index in [0.717, 1.165) is 26.2 Å². The smallest absolute Gasteiger partial charge is 0.255 e. The van der Waals surface area contributed by atoms with E-state index in [1.807, 2.05) is 6.92 Å². The molecule has 1 aliphatic heterocycles. The standard InChI is InChI=1S/C18H26N8O2/c1-3-14-21-17(24-18(22-14)26-10-8-25(2)9-11-26)23-15-13(5-4-6-19-15)16(28)20-7-12-27/h4-6,27H,3,7-12H2,1-2H3,(H,20,28)(H,19,21,22,23,24). The first kappa shape index (κ1) is 19.9. The third-order valence-electron chi connectivity index (χ3n) is 4.45. The van der Waals surface area contributed by atoms with Gasteiger partial charge in [-0.3, -0.25) is 4.79 Å². The third kappa shape index (κ3) is 4.90. The molecular formula is C18H26N8O2. The first-order valence-electron chi connectivity index (χ1n) is 9.40. The second-order valence-corrected chi connectivity index (χ2v) is 6.52. The largest absolute Gasteiger partial charge is 0.395 e. The number of carbonyl (C=O) groups excluding carboxylic acids is 1. The molecule has 3 rings (SSSR count). The van der Waals surface area contributed by atoms with Crippen molar-refractivity contribution in [1.29, 1.82) is 0 Å². The van der Waals surface area contributed by atoms with E-state index in [4.69, 9.17) is 5.11 Å². The summed E-state index contributed by atoms with van der Waals surface area (Å²) in [5, 5.41) is 14.6. The SMILES string of the molecule is CCc1nc(Nc2ncccc2C(=O)NCCO)nc(N2CCN(C)CC2)n1. The van der Waals surface area contributed by atoms with Gasteiger partial charge in [-0.1, -0.05) is 6.92 Å². The number of aliphatic hydroxyl groups excluding tert-OH is 1. The summed E-state index contributed by atoms with van der Waals surface area (Å²) in [5.41, 5.74) is 0.357. The Bertz CT molecular complexity index is 808. The maximum Gasteiger partial charge on any atom is 0.255 e. The average molecular weight is 386 g/mol. The number of pyridine rings is 1. The van der Waals surface area contributed by atoms with Gasteiger partial charge in [0.25, 0.3) is 5.91 Å². The molecule has 2 aromatic rings. The quantitative estimate of drug-likeness (QED) is 0.606. The van der Waals surface area contributed by atoms with Crippen molar-refractivity contribution in [2.75, 3.05) is 56.6 Å². The maximum atomic E-state index is 12.3. The predicted molar refractivity (Wildman–Crippen MR) is 106 cm³/mol. The van der Waals surface area contributed by atoms with Crippen LogP contribution in [0, 0.1) is 0 Å². The number of likely N-dealkylation sites (N-methyl/N-ethyl adjacent to an activating group) is 1. The summed E-state index contributed by atoms with van der Waals surface area (Å²) in [6, 6.07) is 3.34. The molecule has 0 bridgehead atoms. The van der Waals surface area contributed by atoms with E-state index in [0.29, 0.717) is 35.5 Å². The molecule has 0 radical (unpaired) electrons. The number of aryl methyl sites for hydroxylation is 1. The van der Waals surface area contributed by atoms with Gasteiger partial charge in [0.2, 0.25) is 11.9 Å². The van der Waals surface area contributed by atoms with Crippen LogP contribution < -0.4 is 15.5 Å². The molecule has 10 nitrogen and oxygen atoms in total. The molecule has 0 aliphatic carbocycles. The molecule has 1 amide bonds. The van der Waals surface area contributed by atoms with Crippen LogP contribution in [0.25, 0.3) is 0 Å². The fourth-order valence-corrected chi connectivity index (χ4v) is 2.83. The molecule has 1 aliphatic rings. The lowest BCUT2D eigenvalue weighted by Crippen LogP contribution is -2.45. The third-order valence-corrected chi connectivity index (χ3v) is 4.45. The molecule has 1 fully saturated rings. The number of rotatable bonds is 7. The van der Waals surface area contributed by atoms with Gasteiger partial charge in [0.1, 0.15) is 11.6 Å². The summed E-state index contributed by atoms with van der Waals surface area (Å²) in [7, 11) is 2.10. The summed E-state index contributed by atoms with van der Waals surface area (Å²) < 4.78 is 0. The highest BCUT2D eigenvalue weighted by atomic mass is 16.3. The second kappa shape index (κ2) is 9.38. The van der Waals surface area contributed by atoms with Crippen molar-refractivity contribution in [2.45, 2.75) is 13.3 Å². The molecule has 3 N–H and O–H groups in total. The average Bonchev–Trinajstić information content (AvgIpc) is 2.72. The molecule has 10 heteroatoms. The fraction of sp³-hybridized carbons (Fsp3) is 0.500. The molecule has 1 saturated heterocycles. The first-order valence-corrected chi connectivity index (χ1v) is 9.40. The van der Waals surface area contributed by atoms with Crippen LogP contribution in [0.1, 0.15) is 23.1 Å². The molecule has 0 spiro atoms. The number of aromatic nitrogens is 4. The van der Waals surface area contributed by atoms with Crippen molar-refractivity contribution in [1.82, 2.24) is 30.2 Å². The van der Waals surface area contributed by atoms with E-state index in [1.165, 1.54) is 0 Å². The maximum absolute atomic E-state index is 12.3. The monoisotopic (exact) mass is 386 g/mol. The van der Waals surface area contributed by atoms with Gasteiger partial charge in [-0.15, -0.1) is 0 Å². The Kier molecular flexibility index (Phi) is 6.66. The Morgan fingerprint density at radius 2 is 2.00 bits per heavy atom. The van der Waals surface area contributed by atoms with Crippen molar-refractivity contribution in [3.63, 3.8) is 0 Å². The van der Waals surface area contributed by atoms with E-state index < -0.39 is 0 Å². The van der Waals surface area contributed by atoms with Crippen LogP contribution in [0.15, 0.2) is 18.3 Å².